The minimum Gasteiger partial charge on any atom is -0.469 e. The summed E-state index contributed by atoms with van der Waals surface area (Å²) in [7, 11) is 1.52. The summed E-state index contributed by atoms with van der Waals surface area (Å²) in [6.07, 6.45) is 3.80. The summed E-state index contributed by atoms with van der Waals surface area (Å²) in [6, 6.07) is 0. The first kappa shape index (κ1) is 25.9. The molecule has 2 bridgehead atoms. The second kappa shape index (κ2) is 9.21. The van der Waals surface area contributed by atoms with Crippen molar-refractivity contribution >= 4 is 5.97 Å². The number of hydrogen-bond donors (Lipinski definition) is 4. The number of esters is 1. The molecule has 1 aliphatic heterocycles. The zero-order chi connectivity index (χ0) is 25.2. The van der Waals surface area contributed by atoms with Crippen molar-refractivity contribution < 1.29 is 39.4 Å². The number of carbonyl (C=O) groups excluding carboxylic acids is 1. The average molecular weight is 497 g/mol. The molecule has 0 amide bonds. The minimum absolute atomic E-state index is 0.0460. The van der Waals surface area contributed by atoms with Crippen LogP contribution in [0.1, 0.15) is 71.6 Å². The number of ether oxygens (including phenoxy) is 3. The Kier molecular flexibility index (Phi) is 6.80. The molecular formula is C27H44O8. The van der Waals surface area contributed by atoms with Gasteiger partial charge in [-0.25, -0.2) is 0 Å². The number of fused-ring (bicyclic) bond motifs is 3. The quantitative estimate of drug-likeness (QED) is 0.426. The van der Waals surface area contributed by atoms with Crippen LogP contribution in [0.2, 0.25) is 0 Å². The molecule has 5 aliphatic rings. The third-order valence-corrected chi connectivity index (χ3v) is 11.2. The Bertz CT molecular complexity index is 804. The topological polar surface area (TPSA) is 126 Å². The van der Waals surface area contributed by atoms with E-state index in [9.17, 15) is 25.2 Å². The van der Waals surface area contributed by atoms with Crippen LogP contribution in [-0.2, 0) is 19.0 Å². The molecule has 0 radical (unpaired) electrons. The highest BCUT2D eigenvalue weighted by Crippen LogP contribution is 2.72. The fraction of sp³-hybridized carbons (Fsp3) is 0.963. The van der Waals surface area contributed by atoms with Gasteiger partial charge in [-0.1, -0.05) is 13.3 Å². The lowest BCUT2D eigenvalue weighted by atomic mass is 9.41. The SMILES string of the molecule is COC(=O)[C@]1(C)CCC[C@@]2(C)C3CC[C@@H]4C[C@@]3(CCC21)C[C@@H]4CO[C@H]1O[C@H](CO)[C@@H](O)[C@H](O)[C@H]1O. The Labute approximate surface area is 208 Å². The highest BCUT2D eigenvalue weighted by atomic mass is 16.7. The molecule has 12 atom stereocenters. The van der Waals surface area contributed by atoms with Gasteiger partial charge in [0.05, 0.1) is 25.7 Å². The van der Waals surface area contributed by atoms with Crippen molar-refractivity contribution in [3.8, 4) is 0 Å². The normalized spacial score (nSPS) is 53.5. The summed E-state index contributed by atoms with van der Waals surface area (Å²) < 4.78 is 16.9. The molecule has 1 heterocycles. The van der Waals surface area contributed by atoms with Gasteiger partial charge in [0.15, 0.2) is 6.29 Å². The molecule has 1 saturated heterocycles. The van der Waals surface area contributed by atoms with Crippen molar-refractivity contribution in [1.82, 2.24) is 0 Å². The summed E-state index contributed by atoms with van der Waals surface area (Å²) in [5.74, 6) is 1.81. The molecule has 0 aromatic rings. The van der Waals surface area contributed by atoms with Gasteiger partial charge in [0.1, 0.15) is 24.4 Å². The number of methoxy groups -OCH3 is 1. The van der Waals surface area contributed by atoms with Gasteiger partial charge in [-0.2, -0.15) is 0 Å². The summed E-state index contributed by atoms with van der Waals surface area (Å²) in [5, 5.41) is 40.0. The standard InChI is InChI=1S/C27H44O8/c1-25-8-4-9-26(2,24(32)33-3)18(25)7-10-27-11-15(5-6-19(25)27)16(12-27)14-34-23-22(31)21(30)20(29)17(13-28)35-23/h15-23,28-31H,4-14H2,1-3H3/t15-,16-,17-,18?,19?,20-,21+,22-,23+,25-,26-,27+/m1/s1. The molecular weight excluding hydrogens is 452 g/mol. The monoisotopic (exact) mass is 496 g/mol. The van der Waals surface area contributed by atoms with Crippen LogP contribution >= 0.6 is 0 Å². The molecule has 8 heteroatoms. The highest BCUT2D eigenvalue weighted by molar-refractivity contribution is 5.77. The molecule has 35 heavy (non-hydrogen) atoms. The first-order chi connectivity index (χ1) is 16.6. The van der Waals surface area contributed by atoms with Crippen molar-refractivity contribution in [2.45, 2.75) is 102 Å². The molecule has 2 unspecified atom stereocenters. The van der Waals surface area contributed by atoms with Gasteiger partial charge in [0.2, 0.25) is 0 Å². The van der Waals surface area contributed by atoms with Crippen molar-refractivity contribution in [2.75, 3.05) is 20.3 Å². The lowest BCUT2D eigenvalue weighted by Crippen LogP contribution is -2.59. The number of rotatable bonds is 5. The van der Waals surface area contributed by atoms with Gasteiger partial charge >= 0.3 is 5.97 Å². The molecule has 5 fully saturated rings. The number of aliphatic hydroxyl groups is 4. The first-order valence-electron chi connectivity index (χ1n) is 13.6. The second-order valence-electron chi connectivity index (χ2n) is 12.8. The molecule has 0 aromatic carbocycles. The average Bonchev–Trinajstić information content (AvgIpc) is 3.10. The number of hydrogen-bond acceptors (Lipinski definition) is 8. The van der Waals surface area contributed by atoms with Crippen LogP contribution in [0.4, 0.5) is 0 Å². The molecule has 4 N–H and O–H groups in total. The van der Waals surface area contributed by atoms with E-state index in [0.717, 1.165) is 38.5 Å². The van der Waals surface area contributed by atoms with E-state index < -0.39 is 42.7 Å². The number of carbonyl (C=O) groups is 1. The van der Waals surface area contributed by atoms with Crippen molar-refractivity contribution in [2.24, 2.45) is 39.9 Å². The molecule has 4 aliphatic carbocycles. The van der Waals surface area contributed by atoms with E-state index in [1.165, 1.54) is 26.4 Å². The predicted molar refractivity (Wildman–Crippen MR) is 126 cm³/mol. The molecule has 200 valence electrons. The largest absolute Gasteiger partial charge is 0.469 e. The van der Waals surface area contributed by atoms with Gasteiger partial charge in [-0.15, -0.1) is 0 Å². The smallest absolute Gasteiger partial charge is 0.311 e. The Morgan fingerprint density at radius 3 is 2.46 bits per heavy atom. The van der Waals surface area contributed by atoms with Gasteiger partial charge in [-0.3, -0.25) is 4.79 Å². The van der Waals surface area contributed by atoms with Crippen LogP contribution in [0.25, 0.3) is 0 Å². The minimum atomic E-state index is -1.41. The van der Waals surface area contributed by atoms with E-state index in [4.69, 9.17) is 14.2 Å². The second-order valence-corrected chi connectivity index (χ2v) is 12.8. The van der Waals surface area contributed by atoms with Gasteiger partial charge in [-0.05, 0) is 92.8 Å². The Hall–Kier alpha value is -0.770. The van der Waals surface area contributed by atoms with E-state index in [0.29, 0.717) is 30.3 Å². The maximum atomic E-state index is 12.9. The number of aliphatic hydroxyl groups excluding tert-OH is 4. The lowest BCUT2D eigenvalue weighted by Gasteiger charge is -2.63. The molecule has 5 rings (SSSR count). The fourth-order valence-corrected chi connectivity index (χ4v) is 9.68. The van der Waals surface area contributed by atoms with Gasteiger partial charge < -0.3 is 34.6 Å². The zero-order valence-electron chi connectivity index (χ0n) is 21.4. The van der Waals surface area contributed by atoms with Gasteiger partial charge in [0, 0.05) is 0 Å². The lowest BCUT2D eigenvalue weighted by molar-refractivity contribution is -0.303. The molecule has 4 saturated carbocycles. The van der Waals surface area contributed by atoms with Crippen LogP contribution in [0.3, 0.4) is 0 Å². The van der Waals surface area contributed by atoms with Crippen LogP contribution in [0.15, 0.2) is 0 Å². The Morgan fingerprint density at radius 2 is 1.74 bits per heavy atom. The fourth-order valence-electron chi connectivity index (χ4n) is 9.68. The summed E-state index contributed by atoms with van der Waals surface area (Å²) in [4.78, 5) is 12.9. The highest BCUT2D eigenvalue weighted by Gasteiger charge is 2.66. The maximum absolute atomic E-state index is 12.9. The first-order valence-corrected chi connectivity index (χ1v) is 13.6. The van der Waals surface area contributed by atoms with Crippen LogP contribution < -0.4 is 0 Å². The van der Waals surface area contributed by atoms with E-state index >= 15 is 0 Å². The van der Waals surface area contributed by atoms with Gasteiger partial charge in [0.25, 0.3) is 0 Å². The van der Waals surface area contributed by atoms with Crippen molar-refractivity contribution in [3.05, 3.63) is 0 Å². The zero-order valence-corrected chi connectivity index (χ0v) is 21.4. The van der Waals surface area contributed by atoms with Crippen LogP contribution in [0, 0.1) is 39.9 Å². The molecule has 0 aromatic heterocycles. The summed E-state index contributed by atoms with van der Waals surface area (Å²) in [6.45, 7) is 4.56. The Morgan fingerprint density at radius 1 is 0.971 bits per heavy atom. The summed E-state index contributed by atoms with van der Waals surface area (Å²) >= 11 is 0. The van der Waals surface area contributed by atoms with E-state index in [-0.39, 0.29) is 16.8 Å². The van der Waals surface area contributed by atoms with E-state index in [1.807, 2.05) is 0 Å². The van der Waals surface area contributed by atoms with Crippen molar-refractivity contribution in [3.63, 3.8) is 0 Å². The maximum Gasteiger partial charge on any atom is 0.311 e. The molecule has 8 nitrogen and oxygen atoms in total. The predicted octanol–water partition coefficient (Wildman–Crippen LogP) is 2.00. The van der Waals surface area contributed by atoms with E-state index in [1.54, 1.807) is 0 Å². The third kappa shape index (κ3) is 3.89. The Balaban J connectivity index is 1.29. The van der Waals surface area contributed by atoms with E-state index in [2.05, 4.69) is 13.8 Å². The van der Waals surface area contributed by atoms with Crippen LogP contribution in [-0.4, -0.2) is 77.4 Å². The van der Waals surface area contributed by atoms with Crippen LogP contribution in [0.5, 0.6) is 0 Å². The summed E-state index contributed by atoms with van der Waals surface area (Å²) in [5.41, 5.74) is 0.00774. The van der Waals surface area contributed by atoms with Crippen molar-refractivity contribution in [1.29, 1.82) is 0 Å². The third-order valence-electron chi connectivity index (χ3n) is 11.2. The molecule has 1 spiro atoms.